The van der Waals surface area contributed by atoms with Crippen LogP contribution >= 0.6 is 11.6 Å². The highest BCUT2D eigenvalue weighted by Gasteiger charge is 2.25. The van der Waals surface area contributed by atoms with Crippen molar-refractivity contribution in [3.05, 3.63) is 0 Å². The molecule has 1 rings (SSSR count). The Morgan fingerprint density at radius 1 is 1.18 bits per heavy atom. The van der Waals surface area contributed by atoms with Crippen LogP contribution in [-0.4, -0.2) is 40.1 Å². The standard InChI is InChI=1S/C9H18ClNO4S2/c1-16(12,13)7-17(14,15)11-6-8-4-2-3-5-9(8)10/h8-9,11H,2-7H2,1H3. The number of nitrogens with one attached hydrogen (secondary N) is 1. The quantitative estimate of drug-likeness (QED) is 0.758. The number of halogens is 1. The Kier molecular flexibility index (Phi) is 5.24. The molecule has 0 saturated heterocycles. The predicted octanol–water partition coefficient (Wildman–Crippen LogP) is 0.705. The topological polar surface area (TPSA) is 80.3 Å². The molecule has 2 unspecified atom stereocenters. The fourth-order valence-electron chi connectivity index (χ4n) is 1.95. The fourth-order valence-corrected chi connectivity index (χ4v) is 5.38. The SMILES string of the molecule is CS(=O)(=O)CS(=O)(=O)NCC1CCCCC1Cl. The minimum atomic E-state index is -3.76. The first-order chi connectivity index (χ1) is 7.70. The third-order valence-corrected chi connectivity index (χ3v) is 6.89. The van der Waals surface area contributed by atoms with Gasteiger partial charge in [-0.25, -0.2) is 21.6 Å². The van der Waals surface area contributed by atoms with E-state index in [-0.39, 0.29) is 17.8 Å². The molecule has 0 radical (unpaired) electrons. The van der Waals surface area contributed by atoms with Crippen LogP contribution in [0.2, 0.25) is 0 Å². The van der Waals surface area contributed by atoms with Crippen molar-refractivity contribution in [2.45, 2.75) is 31.1 Å². The molecule has 0 aliphatic heterocycles. The van der Waals surface area contributed by atoms with Crippen molar-refractivity contribution in [2.24, 2.45) is 5.92 Å². The molecule has 5 nitrogen and oxygen atoms in total. The number of hydrogen-bond donors (Lipinski definition) is 1. The van der Waals surface area contributed by atoms with Crippen molar-refractivity contribution in [1.82, 2.24) is 4.72 Å². The maximum atomic E-state index is 11.5. The van der Waals surface area contributed by atoms with Gasteiger partial charge in [0.05, 0.1) is 0 Å². The van der Waals surface area contributed by atoms with Crippen LogP contribution < -0.4 is 4.72 Å². The van der Waals surface area contributed by atoms with Crippen LogP contribution in [0.3, 0.4) is 0 Å². The summed E-state index contributed by atoms with van der Waals surface area (Å²) in [7, 11) is -7.29. The van der Waals surface area contributed by atoms with E-state index in [1.807, 2.05) is 0 Å². The molecule has 0 aromatic carbocycles. The lowest BCUT2D eigenvalue weighted by molar-refractivity contribution is 0.364. The van der Waals surface area contributed by atoms with Crippen LogP contribution in [0.25, 0.3) is 0 Å². The minimum absolute atomic E-state index is 0.0234. The van der Waals surface area contributed by atoms with Gasteiger partial charge in [-0.05, 0) is 18.8 Å². The second-order valence-corrected chi connectivity index (χ2v) is 9.44. The maximum absolute atomic E-state index is 11.5. The largest absolute Gasteiger partial charge is 0.228 e. The molecule has 0 heterocycles. The second-order valence-electron chi connectivity index (χ2n) is 4.57. The van der Waals surface area contributed by atoms with Crippen molar-refractivity contribution in [3.63, 3.8) is 0 Å². The van der Waals surface area contributed by atoms with E-state index in [1.54, 1.807) is 0 Å². The van der Waals surface area contributed by atoms with Gasteiger partial charge in [0, 0.05) is 18.2 Å². The highest BCUT2D eigenvalue weighted by Crippen LogP contribution is 2.28. The Morgan fingerprint density at radius 2 is 1.76 bits per heavy atom. The van der Waals surface area contributed by atoms with E-state index in [2.05, 4.69) is 4.72 Å². The molecule has 0 bridgehead atoms. The summed E-state index contributed by atoms with van der Waals surface area (Å²) in [5, 5.41) is -0.885. The van der Waals surface area contributed by atoms with E-state index in [1.165, 1.54) is 0 Å². The van der Waals surface area contributed by atoms with Crippen molar-refractivity contribution < 1.29 is 16.8 Å². The molecule has 1 N–H and O–H groups in total. The van der Waals surface area contributed by atoms with E-state index in [0.717, 1.165) is 31.9 Å². The van der Waals surface area contributed by atoms with Gasteiger partial charge in [0.25, 0.3) is 0 Å². The van der Waals surface area contributed by atoms with Crippen LogP contribution in [0.4, 0.5) is 0 Å². The Balaban J connectivity index is 2.49. The summed E-state index contributed by atoms with van der Waals surface area (Å²) in [5.74, 6) is 0.0970. The number of sulfone groups is 1. The average molecular weight is 304 g/mol. The first kappa shape index (κ1) is 15.2. The molecule has 102 valence electrons. The third-order valence-electron chi connectivity index (χ3n) is 2.75. The number of hydrogen-bond acceptors (Lipinski definition) is 4. The first-order valence-corrected chi connectivity index (χ1v) is 9.64. The van der Waals surface area contributed by atoms with Gasteiger partial charge >= 0.3 is 0 Å². The van der Waals surface area contributed by atoms with E-state index < -0.39 is 24.9 Å². The van der Waals surface area contributed by atoms with E-state index in [0.29, 0.717) is 0 Å². The van der Waals surface area contributed by atoms with Crippen LogP contribution in [0.5, 0.6) is 0 Å². The van der Waals surface area contributed by atoms with Crippen LogP contribution in [0.15, 0.2) is 0 Å². The summed E-state index contributed by atoms with van der Waals surface area (Å²) in [6, 6.07) is 0. The highest BCUT2D eigenvalue weighted by atomic mass is 35.5. The molecule has 1 aliphatic rings. The lowest BCUT2D eigenvalue weighted by Gasteiger charge is -2.26. The molecule has 0 aromatic heterocycles. The molecule has 17 heavy (non-hydrogen) atoms. The minimum Gasteiger partial charge on any atom is -0.228 e. The molecule has 0 amide bonds. The first-order valence-electron chi connectivity index (χ1n) is 5.49. The van der Waals surface area contributed by atoms with Crippen LogP contribution in [0, 0.1) is 5.92 Å². The lowest BCUT2D eigenvalue weighted by Crippen LogP contribution is -2.37. The van der Waals surface area contributed by atoms with Gasteiger partial charge in [0.2, 0.25) is 10.0 Å². The summed E-state index contributed by atoms with van der Waals surface area (Å²) < 4.78 is 47.1. The van der Waals surface area contributed by atoms with Gasteiger partial charge < -0.3 is 0 Å². The van der Waals surface area contributed by atoms with Gasteiger partial charge in [0.15, 0.2) is 14.9 Å². The zero-order valence-electron chi connectivity index (χ0n) is 9.72. The molecule has 8 heteroatoms. The molecule has 1 aliphatic carbocycles. The van der Waals surface area contributed by atoms with Gasteiger partial charge in [0.1, 0.15) is 0 Å². The average Bonchev–Trinajstić information content (AvgIpc) is 2.13. The van der Waals surface area contributed by atoms with E-state index >= 15 is 0 Å². The van der Waals surface area contributed by atoms with Crippen molar-refractivity contribution in [3.8, 4) is 0 Å². The van der Waals surface area contributed by atoms with Crippen molar-refractivity contribution in [1.29, 1.82) is 0 Å². The van der Waals surface area contributed by atoms with Gasteiger partial charge in [-0.2, -0.15) is 0 Å². The summed E-state index contributed by atoms with van der Waals surface area (Å²) in [4.78, 5) is 0. The van der Waals surface area contributed by atoms with Gasteiger partial charge in [-0.15, -0.1) is 11.6 Å². The Labute approximate surface area is 108 Å². The molecule has 0 aromatic rings. The van der Waals surface area contributed by atoms with Crippen LogP contribution in [0.1, 0.15) is 25.7 Å². The molecule has 1 saturated carbocycles. The normalized spacial score (nSPS) is 26.9. The number of alkyl halides is 1. The molecule has 0 spiro atoms. The molecular weight excluding hydrogens is 286 g/mol. The molecule has 2 atom stereocenters. The van der Waals surface area contributed by atoms with Crippen molar-refractivity contribution >= 4 is 31.5 Å². The summed E-state index contributed by atoms with van der Waals surface area (Å²) in [5.41, 5.74) is 0. The third kappa shape index (κ3) is 6.03. The van der Waals surface area contributed by atoms with E-state index in [9.17, 15) is 16.8 Å². The smallest absolute Gasteiger partial charge is 0.226 e. The lowest BCUT2D eigenvalue weighted by atomic mass is 9.89. The summed E-state index contributed by atoms with van der Waals surface area (Å²) >= 11 is 6.09. The predicted molar refractivity (Wildman–Crippen MR) is 68.2 cm³/mol. The van der Waals surface area contributed by atoms with Gasteiger partial charge in [-0.3, -0.25) is 0 Å². The zero-order valence-corrected chi connectivity index (χ0v) is 12.1. The summed E-state index contributed by atoms with van der Waals surface area (Å²) in [6.45, 7) is 0.228. The summed E-state index contributed by atoms with van der Waals surface area (Å²) in [6.07, 6.45) is 4.79. The Morgan fingerprint density at radius 3 is 2.29 bits per heavy atom. The van der Waals surface area contributed by atoms with Crippen molar-refractivity contribution in [2.75, 3.05) is 17.9 Å². The monoisotopic (exact) mass is 303 g/mol. The zero-order chi connectivity index (χ0) is 13.1. The number of rotatable bonds is 5. The Bertz CT molecular complexity index is 446. The second kappa shape index (κ2) is 5.86. The molecular formula is C9H18ClNO4S2. The van der Waals surface area contributed by atoms with Gasteiger partial charge in [-0.1, -0.05) is 12.8 Å². The molecule has 1 fully saturated rings. The fraction of sp³-hybridized carbons (Fsp3) is 1.00. The number of sulfonamides is 1. The van der Waals surface area contributed by atoms with Crippen LogP contribution in [-0.2, 0) is 19.9 Å². The maximum Gasteiger partial charge on any atom is 0.226 e. The van der Waals surface area contributed by atoms with E-state index in [4.69, 9.17) is 11.6 Å². The Hall–Kier alpha value is 0.150. The highest BCUT2D eigenvalue weighted by molar-refractivity contribution is 8.06.